The maximum atomic E-state index is 14.2. The lowest BCUT2D eigenvalue weighted by atomic mass is 9.92. The average Bonchev–Trinajstić information content (AvgIpc) is 2.89. The van der Waals surface area contributed by atoms with E-state index in [0.717, 1.165) is 24.7 Å². The first kappa shape index (κ1) is 25.0. The zero-order chi connectivity index (χ0) is 26.1. The molecule has 2 aliphatic heterocycles. The Kier molecular flexibility index (Phi) is 7.04. The van der Waals surface area contributed by atoms with Crippen molar-refractivity contribution >= 4 is 23.7 Å². The van der Waals surface area contributed by atoms with E-state index in [9.17, 15) is 18.3 Å². The first-order valence-corrected chi connectivity index (χ1v) is 12.2. The van der Waals surface area contributed by atoms with E-state index >= 15 is 0 Å². The summed E-state index contributed by atoms with van der Waals surface area (Å²) in [7, 11) is 0. The maximum absolute atomic E-state index is 14.2. The highest BCUT2D eigenvalue weighted by atomic mass is 19.1. The lowest BCUT2D eigenvalue weighted by molar-refractivity contribution is -0.0355. The van der Waals surface area contributed by atoms with Crippen LogP contribution in [0.1, 0.15) is 24.5 Å². The number of nitrogens with one attached hydrogen (secondary N) is 1. The van der Waals surface area contributed by atoms with Gasteiger partial charge in [0, 0.05) is 48.6 Å². The van der Waals surface area contributed by atoms with Crippen LogP contribution in [-0.2, 0) is 4.74 Å². The first-order chi connectivity index (χ1) is 17.9. The molecule has 2 aliphatic rings. The second kappa shape index (κ2) is 10.4. The predicted molar refractivity (Wildman–Crippen MR) is 139 cm³/mol. The summed E-state index contributed by atoms with van der Waals surface area (Å²) in [5.74, 6) is -2.53. The molecule has 2 heterocycles. The van der Waals surface area contributed by atoms with Crippen LogP contribution in [0, 0.1) is 17.5 Å². The van der Waals surface area contributed by atoms with Gasteiger partial charge in [-0.15, -0.1) is 0 Å². The van der Waals surface area contributed by atoms with Gasteiger partial charge in [0.15, 0.2) is 11.6 Å². The number of para-hydroxylation sites is 1. The molecule has 0 bridgehead atoms. The van der Waals surface area contributed by atoms with Gasteiger partial charge in [-0.25, -0.2) is 13.2 Å². The van der Waals surface area contributed by atoms with Crippen LogP contribution in [-0.4, -0.2) is 55.1 Å². The molecule has 3 aromatic rings. The number of allylic oxidation sites excluding steroid dienone is 1. The number of piperidine rings is 1. The summed E-state index contributed by atoms with van der Waals surface area (Å²) in [4.78, 5) is 6.36. The van der Waals surface area contributed by atoms with Crippen LogP contribution < -0.4 is 5.32 Å². The Balaban J connectivity index is 1.70. The van der Waals surface area contributed by atoms with Gasteiger partial charge >= 0.3 is 0 Å². The summed E-state index contributed by atoms with van der Waals surface area (Å²) < 4.78 is 48.7. The van der Waals surface area contributed by atoms with E-state index in [1.807, 2.05) is 6.92 Å². The number of phenolic OH excluding ortho intramolecular Hbond substituents is 1. The molecule has 0 amide bonds. The zero-order valence-electron chi connectivity index (χ0n) is 20.5. The Bertz CT molecular complexity index is 1350. The summed E-state index contributed by atoms with van der Waals surface area (Å²) in [6.45, 7) is 8.18. The lowest BCUT2D eigenvalue weighted by Gasteiger charge is -2.44. The van der Waals surface area contributed by atoms with E-state index in [-0.39, 0.29) is 12.1 Å². The smallest absolute Gasteiger partial charge is 0.165 e. The molecule has 0 spiro atoms. The molecular formula is C29H28F3N3O2. The molecule has 2 atom stereocenters. The number of aliphatic imine (C=N–C) groups is 1. The van der Waals surface area contributed by atoms with E-state index in [2.05, 4.69) is 21.9 Å². The van der Waals surface area contributed by atoms with Crippen molar-refractivity contribution in [1.29, 1.82) is 0 Å². The number of hydrogen-bond donors (Lipinski definition) is 2. The van der Waals surface area contributed by atoms with Crippen molar-refractivity contribution in [1.82, 2.24) is 10.2 Å². The minimum atomic E-state index is -0.726. The van der Waals surface area contributed by atoms with Crippen molar-refractivity contribution in [3.63, 3.8) is 0 Å². The Labute approximate surface area is 213 Å². The molecular weight excluding hydrogens is 479 g/mol. The topological polar surface area (TPSA) is 57.1 Å². The van der Waals surface area contributed by atoms with Crippen molar-refractivity contribution in [3.8, 4) is 16.9 Å². The molecule has 0 aliphatic carbocycles. The third-order valence-electron chi connectivity index (χ3n) is 7.09. The van der Waals surface area contributed by atoms with Gasteiger partial charge in [0.1, 0.15) is 11.6 Å². The van der Waals surface area contributed by atoms with Gasteiger partial charge in [-0.05, 0) is 67.1 Å². The van der Waals surface area contributed by atoms with Gasteiger partial charge in [-0.1, -0.05) is 18.2 Å². The minimum Gasteiger partial charge on any atom is -0.504 e. The number of halogens is 3. The number of ether oxygens (including phenoxy) is 1. The summed E-state index contributed by atoms with van der Waals surface area (Å²) in [6, 6.07) is 13.3. The van der Waals surface area contributed by atoms with Crippen molar-refractivity contribution < 1.29 is 23.0 Å². The largest absolute Gasteiger partial charge is 0.504 e. The molecule has 2 fully saturated rings. The third-order valence-corrected chi connectivity index (χ3v) is 7.09. The molecule has 2 saturated heterocycles. The minimum absolute atomic E-state index is 0.0508. The van der Waals surface area contributed by atoms with E-state index < -0.39 is 23.2 Å². The molecule has 5 nitrogen and oxygen atoms in total. The number of likely N-dealkylation sites (tertiary alicyclic amines) is 1. The van der Waals surface area contributed by atoms with Crippen LogP contribution in [0.15, 0.2) is 59.6 Å². The number of rotatable bonds is 5. The third kappa shape index (κ3) is 4.99. The van der Waals surface area contributed by atoms with Gasteiger partial charge in [-0.2, -0.15) is 0 Å². The van der Waals surface area contributed by atoms with Crippen LogP contribution in [0.4, 0.5) is 18.9 Å². The summed E-state index contributed by atoms with van der Waals surface area (Å²) in [5.41, 5.74) is 3.86. The van der Waals surface area contributed by atoms with Gasteiger partial charge < -0.3 is 20.1 Å². The van der Waals surface area contributed by atoms with E-state index in [1.54, 1.807) is 24.3 Å². The fourth-order valence-electron chi connectivity index (χ4n) is 5.27. The Morgan fingerprint density at radius 3 is 2.65 bits per heavy atom. The highest BCUT2D eigenvalue weighted by molar-refractivity contribution is 5.94. The number of phenols is 1. The number of aromatic hydroxyl groups is 1. The second-order valence-electron chi connectivity index (χ2n) is 9.36. The Morgan fingerprint density at radius 2 is 1.89 bits per heavy atom. The monoisotopic (exact) mass is 507 g/mol. The number of nitrogens with zero attached hydrogens (tertiary/aromatic N) is 2. The molecule has 0 saturated carbocycles. The summed E-state index contributed by atoms with van der Waals surface area (Å²) in [6.07, 6.45) is 0.769. The SMILES string of the molecule is C=Nc1ccc(-c2cccc(F)c2O)cc1/C(=C(\C)c1cc(F)cc(F)c1)N1CCC2NCCO[C@@H]2C1. The molecule has 8 heteroatoms. The number of hydrogen-bond acceptors (Lipinski definition) is 5. The zero-order valence-corrected chi connectivity index (χ0v) is 20.5. The van der Waals surface area contributed by atoms with Crippen molar-refractivity contribution in [2.75, 3.05) is 26.2 Å². The first-order valence-electron chi connectivity index (χ1n) is 12.2. The summed E-state index contributed by atoms with van der Waals surface area (Å²) in [5, 5.41) is 13.9. The standard InChI is InChI=1S/C29H28F3N3O2/c1-17(19-12-20(30)15-21(31)13-19)28(35-10-8-26-27(16-35)37-11-9-34-26)23-14-18(6-7-25(23)33-2)22-4-3-5-24(32)29(22)36/h3-7,12-15,26-27,34,36H,2,8-11,16H2,1H3/b28-17-/t26?,27-/m1/s1. The number of fused-ring (bicyclic) bond motifs is 1. The average molecular weight is 508 g/mol. The van der Waals surface area contributed by atoms with Crippen molar-refractivity contribution in [2.45, 2.75) is 25.5 Å². The van der Waals surface area contributed by atoms with Gasteiger partial charge in [-0.3, -0.25) is 4.99 Å². The molecule has 192 valence electrons. The lowest BCUT2D eigenvalue weighted by Crippen LogP contribution is -2.57. The molecule has 0 aromatic heterocycles. The van der Waals surface area contributed by atoms with Crippen LogP contribution in [0.2, 0.25) is 0 Å². The van der Waals surface area contributed by atoms with E-state index in [4.69, 9.17) is 4.74 Å². The molecule has 3 aromatic carbocycles. The Morgan fingerprint density at radius 1 is 1.11 bits per heavy atom. The van der Waals surface area contributed by atoms with E-state index in [1.165, 1.54) is 24.3 Å². The number of morpholine rings is 1. The van der Waals surface area contributed by atoms with Crippen LogP contribution >= 0.6 is 0 Å². The molecule has 0 radical (unpaired) electrons. The molecule has 37 heavy (non-hydrogen) atoms. The van der Waals surface area contributed by atoms with Crippen molar-refractivity contribution in [3.05, 3.63) is 83.2 Å². The van der Waals surface area contributed by atoms with Gasteiger partial charge in [0.05, 0.1) is 18.4 Å². The number of benzene rings is 3. The molecule has 5 rings (SSSR count). The molecule has 2 N–H and O–H groups in total. The molecule has 1 unspecified atom stereocenters. The quantitative estimate of drug-likeness (QED) is 0.341. The summed E-state index contributed by atoms with van der Waals surface area (Å²) >= 11 is 0. The normalized spacial score (nSPS) is 20.3. The predicted octanol–water partition coefficient (Wildman–Crippen LogP) is 5.76. The van der Waals surface area contributed by atoms with Gasteiger partial charge in [0.2, 0.25) is 0 Å². The second-order valence-corrected chi connectivity index (χ2v) is 9.36. The Hall–Kier alpha value is -3.62. The fourth-order valence-corrected chi connectivity index (χ4v) is 5.27. The van der Waals surface area contributed by atoms with Crippen molar-refractivity contribution in [2.24, 2.45) is 4.99 Å². The highest BCUT2D eigenvalue weighted by Gasteiger charge is 2.34. The highest BCUT2D eigenvalue weighted by Crippen LogP contribution is 2.41. The fraction of sp³-hybridized carbons (Fsp3) is 0.276. The van der Waals surface area contributed by atoms with Crippen LogP contribution in [0.3, 0.4) is 0 Å². The maximum Gasteiger partial charge on any atom is 0.165 e. The van der Waals surface area contributed by atoms with Crippen LogP contribution in [0.25, 0.3) is 22.4 Å². The van der Waals surface area contributed by atoms with Gasteiger partial charge in [0.25, 0.3) is 0 Å². The van der Waals surface area contributed by atoms with Crippen LogP contribution in [0.5, 0.6) is 5.75 Å². The van der Waals surface area contributed by atoms with E-state index in [0.29, 0.717) is 53.2 Å².